The molecule has 0 aliphatic carbocycles. The number of hydrogen-bond acceptors (Lipinski definition) is 4. The first kappa shape index (κ1) is 14.6. The van der Waals surface area contributed by atoms with Gasteiger partial charge in [0.25, 0.3) is 0 Å². The molecule has 3 aromatic rings. The van der Waals surface area contributed by atoms with E-state index < -0.39 is 0 Å². The summed E-state index contributed by atoms with van der Waals surface area (Å²) in [7, 11) is 0. The smallest absolute Gasteiger partial charge is 0.206 e. The van der Waals surface area contributed by atoms with Crippen LogP contribution in [0.15, 0.2) is 45.6 Å². The molecule has 6 heteroatoms. The SMILES string of the molecule is O=c1c(I)c(-c2ccc(O)c(O)c2I)oc2ccccc12. The molecule has 1 aromatic heterocycles. The Hall–Kier alpha value is -1.29. The van der Waals surface area contributed by atoms with Crippen molar-refractivity contribution in [3.63, 3.8) is 0 Å². The van der Waals surface area contributed by atoms with Gasteiger partial charge in [-0.15, -0.1) is 0 Å². The maximum absolute atomic E-state index is 12.4. The number of halogens is 2. The molecule has 0 amide bonds. The lowest BCUT2D eigenvalue weighted by molar-refractivity contribution is 0.401. The first-order valence-corrected chi connectivity index (χ1v) is 8.08. The van der Waals surface area contributed by atoms with Crippen molar-refractivity contribution >= 4 is 56.2 Å². The van der Waals surface area contributed by atoms with E-state index in [1.807, 2.05) is 45.2 Å². The van der Waals surface area contributed by atoms with E-state index in [-0.39, 0.29) is 16.9 Å². The van der Waals surface area contributed by atoms with Gasteiger partial charge in [0.05, 0.1) is 8.96 Å². The second kappa shape index (κ2) is 5.48. The highest BCUT2D eigenvalue weighted by Crippen LogP contribution is 2.39. The Morgan fingerprint density at radius 1 is 0.952 bits per heavy atom. The number of phenolic OH excluding ortho intramolecular Hbond substituents is 2. The molecule has 2 N–H and O–H groups in total. The van der Waals surface area contributed by atoms with Crippen LogP contribution in [0, 0.1) is 7.14 Å². The summed E-state index contributed by atoms with van der Waals surface area (Å²) in [5.41, 5.74) is 0.940. The van der Waals surface area contributed by atoms with E-state index in [1.54, 1.807) is 30.3 Å². The molecule has 0 fully saturated rings. The highest BCUT2D eigenvalue weighted by molar-refractivity contribution is 14.1. The Morgan fingerprint density at radius 2 is 1.67 bits per heavy atom. The number of phenols is 2. The number of aromatic hydroxyl groups is 2. The van der Waals surface area contributed by atoms with Gasteiger partial charge >= 0.3 is 0 Å². The summed E-state index contributed by atoms with van der Waals surface area (Å²) in [6.07, 6.45) is 0. The van der Waals surface area contributed by atoms with Crippen LogP contribution < -0.4 is 5.43 Å². The second-order valence-electron chi connectivity index (χ2n) is 4.37. The highest BCUT2D eigenvalue weighted by Gasteiger charge is 2.18. The Balaban J connectivity index is 2.39. The maximum Gasteiger partial charge on any atom is 0.206 e. The van der Waals surface area contributed by atoms with Gasteiger partial charge < -0.3 is 14.6 Å². The number of fused-ring (bicyclic) bond motifs is 1. The van der Waals surface area contributed by atoms with Gasteiger partial charge in [0.15, 0.2) is 17.3 Å². The van der Waals surface area contributed by atoms with Crippen LogP contribution in [0.25, 0.3) is 22.3 Å². The van der Waals surface area contributed by atoms with Crippen molar-refractivity contribution in [3.8, 4) is 22.8 Å². The Bertz CT molecular complexity index is 915. The molecule has 0 atom stereocenters. The summed E-state index contributed by atoms with van der Waals surface area (Å²) >= 11 is 3.85. The number of para-hydroxylation sites is 1. The highest BCUT2D eigenvalue weighted by atomic mass is 127. The van der Waals surface area contributed by atoms with Crippen molar-refractivity contribution in [2.45, 2.75) is 0 Å². The lowest BCUT2D eigenvalue weighted by Gasteiger charge is -2.09. The molecule has 21 heavy (non-hydrogen) atoms. The summed E-state index contributed by atoms with van der Waals surface area (Å²) < 4.78 is 6.70. The first-order chi connectivity index (χ1) is 10.0. The molecule has 1 heterocycles. The quantitative estimate of drug-likeness (QED) is 0.386. The van der Waals surface area contributed by atoms with E-state index in [4.69, 9.17) is 4.42 Å². The topological polar surface area (TPSA) is 70.7 Å². The fraction of sp³-hybridized carbons (Fsp3) is 0. The minimum Gasteiger partial charge on any atom is -0.504 e. The summed E-state index contributed by atoms with van der Waals surface area (Å²) in [5.74, 6) is -0.0417. The lowest BCUT2D eigenvalue weighted by atomic mass is 10.1. The van der Waals surface area contributed by atoms with Crippen molar-refractivity contribution in [1.82, 2.24) is 0 Å². The summed E-state index contributed by atoms with van der Waals surface area (Å²) in [6, 6.07) is 10.0. The standard InChI is InChI=1S/C15H8I2O4/c16-11-8(5-6-9(18)14(11)20)15-12(17)13(19)7-3-1-2-4-10(7)21-15/h1-6,18,20H. The fourth-order valence-electron chi connectivity index (χ4n) is 2.02. The van der Waals surface area contributed by atoms with E-state index in [9.17, 15) is 15.0 Å². The van der Waals surface area contributed by atoms with Crippen molar-refractivity contribution in [2.24, 2.45) is 0 Å². The minimum absolute atomic E-state index is 0.115. The normalized spacial score (nSPS) is 11.0. The molecule has 0 bridgehead atoms. The molecule has 0 saturated carbocycles. The Kier molecular flexibility index (Phi) is 3.82. The summed E-state index contributed by atoms with van der Waals surface area (Å²) in [4.78, 5) is 12.4. The van der Waals surface area contributed by atoms with E-state index in [0.29, 0.717) is 29.4 Å². The Labute approximate surface area is 146 Å². The third-order valence-electron chi connectivity index (χ3n) is 3.08. The van der Waals surface area contributed by atoms with E-state index >= 15 is 0 Å². The van der Waals surface area contributed by atoms with Gasteiger partial charge in [-0.2, -0.15) is 0 Å². The number of rotatable bonds is 1. The summed E-state index contributed by atoms with van der Waals surface area (Å²) in [6.45, 7) is 0. The van der Waals surface area contributed by atoms with E-state index in [2.05, 4.69) is 0 Å². The van der Waals surface area contributed by atoms with Crippen molar-refractivity contribution < 1.29 is 14.6 Å². The zero-order valence-electron chi connectivity index (χ0n) is 10.4. The van der Waals surface area contributed by atoms with Crippen LogP contribution in [0.3, 0.4) is 0 Å². The van der Waals surface area contributed by atoms with Gasteiger partial charge in [0.2, 0.25) is 5.43 Å². The lowest BCUT2D eigenvalue weighted by Crippen LogP contribution is -2.07. The first-order valence-electron chi connectivity index (χ1n) is 5.93. The van der Waals surface area contributed by atoms with Crippen LogP contribution in [-0.4, -0.2) is 10.2 Å². The van der Waals surface area contributed by atoms with Gasteiger partial charge in [0, 0.05) is 5.56 Å². The molecule has 2 aromatic carbocycles. The molecule has 106 valence electrons. The van der Waals surface area contributed by atoms with Crippen molar-refractivity contribution in [3.05, 3.63) is 53.8 Å². The average Bonchev–Trinajstić information content (AvgIpc) is 2.49. The van der Waals surface area contributed by atoms with E-state index in [0.717, 1.165) is 0 Å². The van der Waals surface area contributed by atoms with Gasteiger partial charge in [0.1, 0.15) is 9.15 Å². The fourth-order valence-corrected chi connectivity index (χ4v) is 3.41. The molecule has 0 spiro atoms. The summed E-state index contributed by atoms with van der Waals surface area (Å²) in [5, 5.41) is 19.9. The Morgan fingerprint density at radius 3 is 2.43 bits per heavy atom. The minimum atomic E-state index is -0.222. The molecule has 0 saturated heterocycles. The van der Waals surface area contributed by atoms with Gasteiger partial charge in [-0.3, -0.25) is 4.79 Å². The van der Waals surface area contributed by atoms with Crippen LogP contribution in [0.2, 0.25) is 0 Å². The number of hydrogen-bond donors (Lipinski definition) is 2. The second-order valence-corrected chi connectivity index (χ2v) is 6.52. The molecule has 4 nitrogen and oxygen atoms in total. The molecular weight excluding hydrogens is 498 g/mol. The van der Waals surface area contributed by atoms with Crippen molar-refractivity contribution in [1.29, 1.82) is 0 Å². The molecule has 0 aliphatic rings. The van der Waals surface area contributed by atoms with Crippen LogP contribution in [0.4, 0.5) is 0 Å². The zero-order valence-corrected chi connectivity index (χ0v) is 14.7. The third-order valence-corrected chi connectivity index (χ3v) is 5.15. The van der Waals surface area contributed by atoms with Crippen molar-refractivity contribution in [2.75, 3.05) is 0 Å². The molecule has 0 aliphatic heterocycles. The van der Waals surface area contributed by atoms with Gasteiger partial charge in [-0.25, -0.2) is 0 Å². The van der Waals surface area contributed by atoms with Crippen LogP contribution >= 0.6 is 45.2 Å². The molecular formula is C15H8I2O4. The van der Waals surface area contributed by atoms with Gasteiger partial charge in [-0.05, 0) is 69.4 Å². The predicted octanol–water partition coefficient (Wildman–Crippen LogP) is 4.08. The monoisotopic (exact) mass is 506 g/mol. The third kappa shape index (κ3) is 2.39. The largest absolute Gasteiger partial charge is 0.504 e. The average molecular weight is 506 g/mol. The molecule has 0 radical (unpaired) electrons. The maximum atomic E-state index is 12.4. The molecule has 0 unspecified atom stereocenters. The zero-order chi connectivity index (χ0) is 15.1. The number of benzene rings is 2. The van der Waals surface area contributed by atoms with Gasteiger partial charge in [-0.1, -0.05) is 12.1 Å². The predicted molar refractivity (Wildman–Crippen MR) is 96.7 cm³/mol. The van der Waals surface area contributed by atoms with E-state index in [1.165, 1.54) is 6.07 Å². The van der Waals surface area contributed by atoms with Crippen LogP contribution in [-0.2, 0) is 0 Å². The van der Waals surface area contributed by atoms with Crippen LogP contribution in [0.1, 0.15) is 0 Å². The van der Waals surface area contributed by atoms with Crippen LogP contribution in [0.5, 0.6) is 11.5 Å². The molecule has 3 rings (SSSR count).